The maximum absolute atomic E-state index is 11.7. The second-order valence-corrected chi connectivity index (χ2v) is 5.72. The lowest BCUT2D eigenvalue weighted by molar-refractivity contribution is -0.148. The van der Waals surface area contributed by atoms with Crippen molar-refractivity contribution < 1.29 is 19.4 Å². The number of hydrogen-bond acceptors (Lipinski definition) is 5. The molecule has 3 atom stereocenters. The van der Waals surface area contributed by atoms with E-state index in [2.05, 4.69) is 0 Å². The summed E-state index contributed by atoms with van der Waals surface area (Å²) in [5.74, 6) is -0.791. The summed E-state index contributed by atoms with van der Waals surface area (Å²) in [6, 6.07) is -0.574. The lowest BCUT2D eigenvalue weighted by atomic mass is 10.00. The Balaban J connectivity index is 1.97. The molecule has 0 saturated carbocycles. The number of nitrogens with zero attached hydrogens (tertiary/aromatic N) is 1. The zero-order valence-electron chi connectivity index (χ0n) is 9.67. The molecule has 3 aliphatic heterocycles. The highest BCUT2D eigenvalue weighted by Gasteiger charge is 2.52. The van der Waals surface area contributed by atoms with E-state index in [0.29, 0.717) is 12.4 Å². The van der Waals surface area contributed by atoms with Gasteiger partial charge in [-0.05, 0) is 18.4 Å². The highest BCUT2D eigenvalue weighted by molar-refractivity contribution is 8.00. The molecule has 2 fully saturated rings. The van der Waals surface area contributed by atoms with Crippen LogP contribution in [0.3, 0.4) is 0 Å². The molecule has 3 aliphatic rings. The molecule has 0 aromatic rings. The van der Waals surface area contributed by atoms with Crippen molar-refractivity contribution in [1.29, 1.82) is 0 Å². The van der Waals surface area contributed by atoms with E-state index in [9.17, 15) is 14.7 Å². The minimum atomic E-state index is -1.06. The molecule has 7 heteroatoms. The Morgan fingerprint density at radius 3 is 2.94 bits per heavy atom. The third kappa shape index (κ3) is 1.58. The number of thioether (sulfide) groups is 1. The van der Waals surface area contributed by atoms with Gasteiger partial charge in [-0.3, -0.25) is 9.69 Å². The van der Waals surface area contributed by atoms with Crippen LogP contribution in [-0.2, 0) is 14.3 Å². The molecule has 3 N–H and O–H groups in total. The molecule has 0 spiro atoms. The summed E-state index contributed by atoms with van der Waals surface area (Å²) in [5.41, 5.74) is 6.50. The highest BCUT2D eigenvalue weighted by Crippen LogP contribution is 2.41. The van der Waals surface area contributed by atoms with Gasteiger partial charge >= 0.3 is 5.97 Å². The molecule has 0 radical (unpaired) electrons. The summed E-state index contributed by atoms with van der Waals surface area (Å²) in [7, 11) is 0. The molecular weight excluding hydrogens is 256 g/mol. The van der Waals surface area contributed by atoms with E-state index >= 15 is 0 Å². The minimum absolute atomic E-state index is 0.0948. The summed E-state index contributed by atoms with van der Waals surface area (Å²) in [5, 5.41) is 9.11. The van der Waals surface area contributed by atoms with E-state index in [1.165, 1.54) is 16.7 Å². The van der Waals surface area contributed by atoms with Crippen LogP contribution in [0.2, 0.25) is 0 Å². The number of carboxylic acid groups (broad SMARTS) is 1. The monoisotopic (exact) mass is 270 g/mol. The first-order chi connectivity index (χ1) is 8.61. The number of carbonyl (C=O) groups is 2. The fourth-order valence-corrected chi connectivity index (χ4v) is 3.99. The highest BCUT2D eigenvalue weighted by atomic mass is 32.2. The average molecular weight is 270 g/mol. The SMILES string of the molecule is N[C@@H]1C(=O)N2C(C(=O)O)=C([C@H]3CCCO3)CS[C@H]12. The van der Waals surface area contributed by atoms with E-state index in [4.69, 9.17) is 10.5 Å². The summed E-state index contributed by atoms with van der Waals surface area (Å²) >= 11 is 1.52. The number of hydrogen-bond donors (Lipinski definition) is 2. The second kappa shape index (κ2) is 4.25. The van der Waals surface area contributed by atoms with Gasteiger partial charge in [0, 0.05) is 12.4 Å². The average Bonchev–Trinajstić information content (AvgIpc) is 2.89. The van der Waals surface area contributed by atoms with E-state index in [1.54, 1.807) is 0 Å². The zero-order valence-corrected chi connectivity index (χ0v) is 10.5. The van der Waals surface area contributed by atoms with Gasteiger partial charge in [-0.25, -0.2) is 4.79 Å². The standard InChI is InChI=1S/C11H14N2O4S/c12-7-9(14)13-8(11(15)16)5(4-18-10(7)13)6-2-1-3-17-6/h6-7,10H,1-4,12H2,(H,15,16)/t6-,7-,10-/m1/s1. The van der Waals surface area contributed by atoms with Crippen molar-refractivity contribution in [3.05, 3.63) is 11.3 Å². The normalized spacial score (nSPS) is 35.5. The van der Waals surface area contributed by atoms with E-state index in [-0.39, 0.29) is 23.1 Å². The number of fused-ring (bicyclic) bond motifs is 1. The van der Waals surface area contributed by atoms with E-state index < -0.39 is 12.0 Å². The molecule has 0 aliphatic carbocycles. The molecule has 3 rings (SSSR count). The Morgan fingerprint density at radius 2 is 2.33 bits per heavy atom. The van der Waals surface area contributed by atoms with Crippen LogP contribution in [-0.4, -0.2) is 51.8 Å². The molecule has 0 aromatic carbocycles. The van der Waals surface area contributed by atoms with Crippen molar-refractivity contribution in [3.63, 3.8) is 0 Å². The van der Waals surface area contributed by atoms with Crippen molar-refractivity contribution in [1.82, 2.24) is 4.90 Å². The Kier molecular flexibility index (Phi) is 2.84. The number of rotatable bonds is 2. The van der Waals surface area contributed by atoms with Crippen molar-refractivity contribution in [3.8, 4) is 0 Å². The molecule has 0 aromatic heterocycles. The van der Waals surface area contributed by atoms with Gasteiger partial charge in [0.05, 0.1) is 6.10 Å². The number of amides is 1. The first-order valence-electron chi connectivity index (χ1n) is 5.89. The van der Waals surface area contributed by atoms with Gasteiger partial charge in [-0.2, -0.15) is 0 Å². The first-order valence-corrected chi connectivity index (χ1v) is 6.94. The van der Waals surface area contributed by atoms with Crippen LogP contribution in [0, 0.1) is 0 Å². The third-order valence-electron chi connectivity index (χ3n) is 3.56. The van der Waals surface area contributed by atoms with Crippen LogP contribution < -0.4 is 5.73 Å². The van der Waals surface area contributed by atoms with Crippen LogP contribution in [0.1, 0.15) is 12.8 Å². The van der Waals surface area contributed by atoms with Gasteiger partial charge < -0.3 is 15.6 Å². The van der Waals surface area contributed by atoms with Crippen molar-refractivity contribution in [2.75, 3.05) is 12.4 Å². The largest absolute Gasteiger partial charge is 0.477 e. The van der Waals surface area contributed by atoms with Crippen LogP contribution >= 0.6 is 11.8 Å². The van der Waals surface area contributed by atoms with E-state index in [1.807, 2.05) is 0 Å². The molecular formula is C11H14N2O4S. The van der Waals surface area contributed by atoms with Crippen LogP contribution in [0.15, 0.2) is 11.3 Å². The topological polar surface area (TPSA) is 92.9 Å². The fourth-order valence-electron chi connectivity index (χ4n) is 2.64. The Labute approximate surface area is 108 Å². The molecule has 18 heavy (non-hydrogen) atoms. The number of nitrogens with two attached hydrogens (primary N) is 1. The number of β-lactam (4-membered cyclic amide) rings is 1. The minimum Gasteiger partial charge on any atom is -0.477 e. The van der Waals surface area contributed by atoms with Gasteiger partial charge in [0.15, 0.2) is 0 Å². The molecule has 3 heterocycles. The molecule has 98 valence electrons. The predicted molar refractivity (Wildman–Crippen MR) is 64.7 cm³/mol. The second-order valence-electron chi connectivity index (χ2n) is 4.62. The van der Waals surface area contributed by atoms with Gasteiger partial charge in [0.2, 0.25) is 5.91 Å². The van der Waals surface area contributed by atoms with Crippen molar-refractivity contribution >= 4 is 23.6 Å². The smallest absolute Gasteiger partial charge is 0.352 e. The quantitative estimate of drug-likeness (QED) is 0.672. The lowest BCUT2D eigenvalue weighted by Gasteiger charge is -2.48. The molecule has 1 amide bonds. The predicted octanol–water partition coefficient (Wildman–Crippen LogP) is -0.253. The summed E-state index contributed by atoms with van der Waals surface area (Å²) in [4.78, 5) is 24.4. The maximum Gasteiger partial charge on any atom is 0.352 e. The molecule has 2 saturated heterocycles. The Hall–Kier alpha value is -1.05. The van der Waals surface area contributed by atoms with Gasteiger partial charge in [-0.1, -0.05) is 0 Å². The maximum atomic E-state index is 11.7. The summed E-state index contributed by atoms with van der Waals surface area (Å²) in [6.45, 7) is 0.655. The van der Waals surface area contributed by atoms with Crippen molar-refractivity contribution in [2.45, 2.75) is 30.4 Å². The Bertz CT molecular complexity index is 444. The summed E-state index contributed by atoms with van der Waals surface area (Å²) < 4.78 is 5.54. The third-order valence-corrected chi connectivity index (χ3v) is 4.88. The fraction of sp³-hybridized carbons (Fsp3) is 0.636. The number of carboxylic acids is 1. The van der Waals surface area contributed by atoms with Gasteiger partial charge in [0.25, 0.3) is 0 Å². The molecule has 6 nitrogen and oxygen atoms in total. The number of carbonyl (C=O) groups excluding carboxylic acids is 1. The van der Waals surface area contributed by atoms with Crippen LogP contribution in [0.25, 0.3) is 0 Å². The first kappa shape index (κ1) is 12.0. The van der Waals surface area contributed by atoms with E-state index in [0.717, 1.165) is 18.4 Å². The van der Waals surface area contributed by atoms with Crippen molar-refractivity contribution in [2.24, 2.45) is 5.73 Å². The van der Waals surface area contributed by atoms with Crippen LogP contribution in [0.4, 0.5) is 0 Å². The zero-order chi connectivity index (χ0) is 12.9. The number of aliphatic carboxylic acids is 1. The summed E-state index contributed by atoms with van der Waals surface area (Å²) in [6.07, 6.45) is 1.60. The number of ether oxygens (including phenoxy) is 1. The van der Waals surface area contributed by atoms with Gasteiger partial charge in [0.1, 0.15) is 17.1 Å². The van der Waals surface area contributed by atoms with Crippen LogP contribution in [0.5, 0.6) is 0 Å². The molecule has 0 unspecified atom stereocenters. The Morgan fingerprint density at radius 1 is 1.56 bits per heavy atom. The lowest BCUT2D eigenvalue weighted by Crippen LogP contribution is -2.68. The molecule has 0 bridgehead atoms. The van der Waals surface area contributed by atoms with Gasteiger partial charge in [-0.15, -0.1) is 11.8 Å².